The average Bonchev–Trinajstić information content (AvgIpc) is 3.19. The number of benzene rings is 1. The van der Waals surface area contributed by atoms with E-state index in [2.05, 4.69) is 13.8 Å². The second-order valence-electron chi connectivity index (χ2n) is 7.75. The maximum Gasteiger partial charge on any atom is 0.230 e. The van der Waals surface area contributed by atoms with Crippen molar-refractivity contribution in [3.63, 3.8) is 0 Å². The summed E-state index contributed by atoms with van der Waals surface area (Å²) in [7, 11) is 0. The molecule has 0 aromatic heterocycles. The Hall–Kier alpha value is -1.51. The standard InChI is InChI=1S/C19H25NO2/c1-19(2)12-20(15-10-6-7-11-16(15)22-19)18(21)17-13-8-4-3-5-9-14(13)17/h6-7,10-11,13-14,17H,3-5,8-9,12H2,1-2H3/t13-,14+,17?. The minimum absolute atomic E-state index is 0.266. The molecule has 2 aliphatic carbocycles. The third-order valence-corrected chi connectivity index (χ3v) is 5.54. The molecule has 0 spiro atoms. The fourth-order valence-corrected chi connectivity index (χ4v) is 4.47. The highest BCUT2D eigenvalue weighted by molar-refractivity contribution is 5.99. The van der Waals surface area contributed by atoms with Crippen molar-refractivity contribution >= 4 is 11.6 Å². The monoisotopic (exact) mass is 299 g/mol. The summed E-state index contributed by atoms with van der Waals surface area (Å²) >= 11 is 0. The van der Waals surface area contributed by atoms with Crippen molar-refractivity contribution in [1.82, 2.24) is 0 Å². The molecule has 3 nitrogen and oxygen atoms in total. The largest absolute Gasteiger partial charge is 0.484 e. The second kappa shape index (κ2) is 5.00. The summed E-state index contributed by atoms with van der Waals surface area (Å²) in [6.07, 6.45) is 6.44. The Morgan fingerprint density at radius 3 is 2.55 bits per heavy atom. The average molecular weight is 299 g/mol. The lowest BCUT2D eigenvalue weighted by atomic mass is 10.0. The number of anilines is 1. The van der Waals surface area contributed by atoms with Gasteiger partial charge in [-0.25, -0.2) is 0 Å². The van der Waals surface area contributed by atoms with Gasteiger partial charge >= 0.3 is 0 Å². The molecule has 3 atom stereocenters. The topological polar surface area (TPSA) is 29.5 Å². The molecule has 1 unspecified atom stereocenters. The fraction of sp³-hybridized carbons (Fsp3) is 0.632. The molecule has 3 aliphatic rings. The normalized spacial score (nSPS) is 32.3. The highest BCUT2D eigenvalue weighted by Gasteiger charge is 2.56. The molecule has 2 saturated carbocycles. The van der Waals surface area contributed by atoms with E-state index < -0.39 is 0 Å². The maximum absolute atomic E-state index is 13.2. The first-order valence-corrected chi connectivity index (χ1v) is 8.66. The molecule has 0 bridgehead atoms. The first-order chi connectivity index (χ1) is 10.6. The van der Waals surface area contributed by atoms with Crippen molar-refractivity contribution in [3.05, 3.63) is 24.3 Å². The highest BCUT2D eigenvalue weighted by Crippen LogP contribution is 2.55. The van der Waals surface area contributed by atoms with Crippen molar-refractivity contribution in [2.75, 3.05) is 11.4 Å². The molecular weight excluding hydrogens is 274 g/mol. The number of nitrogens with zero attached hydrogens (tertiary/aromatic N) is 1. The molecule has 118 valence electrons. The highest BCUT2D eigenvalue weighted by atomic mass is 16.5. The SMILES string of the molecule is CC1(C)CN(C(=O)C2[C@H]3CCCCC[C@@H]23)c2ccccc2O1. The molecule has 4 rings (SSSR count). The third-order valence-electron chi connectivity index (χ3n) is 5.54. The number of hydrogen-bond donors (Lipinski definition) is 0. The van der Waals surface area contributed by atoms with Gasteiger partial charge in [0.25, 0.3) is 0 Å². The Morgan fingerprint density at radius 2 is 1.82 bits per heavy atom. The number of hydrogen-bond acceptors (Lipinski definition) is 2. The van der Waals surface area contributed by atoms with Gasteiger partial charge in [-0.2, -0.15) is 0 Å². The Bertz CT molecular complexity index is 583. The first kappa shape index (κ1) is 14.1. The Balaban J connectivity index is 1.61. The summed E-state index contributed by atoms with van der Waals surface area (Å²) in [6.45, 7) is 4.78. The van der Waals surface area contributed by atoms with Crippen molar-refractivity contribution in [3.8, 4) is 5.75 Å². The first-order valence-electron chi connectivity index (χ1n) is 8.66. The lowest BCUT2D eigenvalue weighted by molar-refractivity contribution is -0.121. The van der Waals surface area contributed by atoms with Crippen LogP contribution < -0.4 is 9.64 Å². The molecule has 1 aromatic rings. The molecule has 22 heavy (non-hydrogen) atoms. The minimum Gasteiger partial charge on any atom is -0.484 e. The number of carbonyl (C=O) groups is 1. The van der Waals surface area contributed by atoms with Crippen molar-refractivity contribution in [2.45, 2.75) is 51.6 Å². The number of carbonyl (C=O) groups excluding carboxylic acids is 1. The van der Waals surface area contributed by atoms with Crippen LogP contribution in [-0.2, 0) is 4.79 Å². The Morgan fingerprint density at radius 1 is 1.14 bits per heavy atom. The molecule has 0 saturated heterocycles. The van der Waals surface area contributed by atoms with Gasteiger partial charge in [-0.1, -0.05) is 31.4 Å². The van der Waals surface area contributed by atoms with E-state index in [-0.39, 0.29) is 11.5 Å². The maximum atomic E-state index is 13.2. The van der Waals surface area contributed by atoms with Gasteiger partial charge in [0, 0.05) is 5.92 Å². The van der Waals surface area contributed by atoms with Crippen LogP contribution >= 0.6 is 0 Å². The summed E-state index contributed by atoms with van der Waals surface area (Å²) in [4.78, 5) is 15.2. The second-order valence-corrected chi connectivity index (χ2v) is 7.75. The number of fused-ring (bicyclic) bond motifs is 2. The molecule has 1 heterocycles. The molecule has 1 aliphatic heterocycles. The summed E-state index contributed by atoms with van der Waals surface area (Å²) in [5, 5.41) is 0. The van der Waals surface area contributed by atoms with Gasteiger partial charge in [0.05, 0.1) is 12.2 Å². The summed E-state index contributed by atoms with van der Waals surface area (Å²) in [5.41, 5.74) is 0.634. The van der Waals surface area contributed by atoms with Gasteiger partial charge in [0.15, 0.2) is 0 Å². The molecular formula is C19H25NO2. The van der Waals surface area contributed by atoms with E-state index in [1.165, 1.54) is 32.1 Å². The van der Waals surface area contributed by atoms with Gasteiger partial charge in [-0.3, -0.25) is 4.79 Å². The van der Waals surface area contributed by atoms with Crippen LogP contribution in [-0.4, -0.2) is 18.1 Å². The molecule has 0 N–H and O–H groups in total. The molecule has 1 aromatic carbocycles. The minimum atomic E-state index is -0.318. The van der Waals surface area contributed by atoms with E-state index in [1.807, 2.05) is 29.2 Å². The van der Waals surface area contributed by atoms with Gasteiger partial charge in [-0.05, 0) is 50.7 Å². The quantitative estimate of drug-likeness (QED) is 0.784. The Labute approximate surface area is 132 Å². The summed E-state index contributed by atoms with van der Waals surface area (Å²) in [5.74, 6) is 2.73. The van der Waals surface area contributed by atoms with E-state index in [1.54, 1.807) is 0 Å². The summed E-state index contributed by atoms with van der Waals surface area (Å²) in [6, 6.07) is 7.96. The number of para-hydroxylation sites is 2. The lowest BCUT2D eigenvalue weighted by Gasteiger charge is -2.40. The van der Waals surface area contributed by atoms with E-state index in [0.29, 0.717) is 24.3 Å². The predicted molar refractivity (Wildman–Crippen MR) is 87.1 cm³/mol. The van der Waals surface area contributed by atoms with Gasteiger partial charge in [0.1, 0.15) is 11.4 Å². The van der Waals surface area contributed by atoms with Gasteiger partial charge in [0.2, 0.25) is 5.91 Å². The van der Waals surface area contributed by atoms with E-state index in [0.717, 1.165) is 11.4 Å². The van der Waals surface area contributed by atoms with Crippen molar-refractivity contribution in [2.24, 2.45) is 17.8 Å². The van der Waals surface area contributed by atoms with Gasteiger partial charge in [-0.15, -0.1) is 0 Å². The summed E-state index contributed by atoms with van der Waals surface area (Å²) < 4.78 is 6.04. The van der Waals surface area contributed by atoms with Crippen LogP contribution in [0.5, 0.6) is 5.75 Å². The van der Waals surface area contributed by atoms with E-state index in [9.17, 15) is 4.79 Å². The van der Waals surface area contributed by atoms with E-state index >= 15 is 0 Å². The Kier molecular flexibility index (Phi) is 3.21. The van der Waals surface area contributed by atoms with Gasteiger partial charge < -0.3 is 9.64 Å². The smallest absolute Gasteiger partial charge is 0.230 e. The molecule has 1 amide bonds. The van der Waals surface area contributed by atoms with E-state index in [4.69, 9.17) is 4.74 Å². The van der Waals surface area contributed by atoms with Crippen molar-refractivity contribution in [1.29, 1.82) is 0 Å². The molecule has 3 heteroatoms. The van der Waals surface area contributed by atoms with Crippen LogP contribution in [0.4, 0.5) is 5.69 Å². The molecule has 2 fully saturated rings. The van der Waals surface area contributed by atoms with Crippen LogP contribution in [0.2, 0.25) is 0 Å². The van der Waals surface area contributed by atoms with Crippen LogP contribution in [0.1, 0.15) is 46.0 Å². The predicted octanol–water partition coefficient (Wildman–Crippen LogP) is 4.02. The van der Waals surface area contributed by atoms with Crippen LogP contribution in [0.3, 0.4) is 0 Å². The number of rotatable bonds is 1. The number of ether oxygens (including phenoxy) is 1. The fourth-order valence-electron chi connectivity index (χ4n) is 4.47. The molecule has 0 radical (unpaired) electrons. The zero-order chi connectivity index (χ0) is 15.3. The third kappa shape index (κ3) is 2.31. The number of amides is 1. The zero-order valence-corrected chi connectivity index (χ0v) is 13.5. The zero-order valence-electron chi connectivity index (χ0n) is 13.5. The van der Waals surface area contributed by atoms with Crippen molar-refractivity contribution < 1.29 is 9.53 Å². The van der Waals surface area contributed by atoms with Crippen LogP contribution in [0.25, 0.3) is 0 Å². The van der Waals surface area contributed by atoms with Crippen LogP contribution in [0, 0.1) is 17.8 Å². The lowest BCUT2D eigenvalue weighted by Crippen LogP contribution is -2.50. The van der Waals surface area contributed by atoms with Crippen LogP contribution in [0.15, 0.2) is 24.3 Å².